The zero-order chi connectivity index (χ0) is 11.5. The molecular weight excluding hydrogens is 256 g/mol. The van der Waals surface area contributed by atoms with Gasteiger partial charge in [-0.1, -0.05) is 42.6 Å². The Kier molecular flexibility index (Phi) is 10.4. The minimum absolute atomic E-state index is 0.0437. The minimum atomic E-state index is -0.0437. The predicted molar refractivity (Wildman–Crippen MR) is 67.3 cm³/mol. The van der Waals surface area contributed by atoms with Gasteiger partial charge in [-0.05, 0) is 25.7 Å². The summed E-state index contributed by atoms with van der Waals surface area (Å²) in [6.07, 6.45) is 7.11. The molecule has 1 atom stereocenters. The van der Waals surface area contributed by atoms with Crippen LogP contribution >= 0.6 is 15.9 Å². The molecule has 0 aliphatic rings. The molecule has 0 spiro atoms. The molecule has 0 N–H and O–H groups in total. The summed E-state index contributed by atoms with van der Waals surface area (Å²) < 4.78 is 5.39. The maximum Gasteiger partial charge on any atom is 0.306 e. The molecule has 0 aliphatic carbocycles. The van der Waals surface area contributed by atoms with Crippen LogP contribution in [0.2, 0.25) is 0 Å². The van der Waals surface area contributed by atoms with Crippen LogP contribution in [0.4, 0.5) is 0 Å². The summed E-state index contributed by atoms with van der Waals surface area (Å²) in [6, 6.07) is 0. The number of ether oxygens (including phenoxy) is 1. The standard InChI is InChI=1S/C12H23BrO2/c1-3-5-6-8-11(4-2)15-12(14)9-7-10-13/h11H,3-10H2,1-2H3. The van der Waals surface area contributed by atoms with Gasteiger partial charge in [0.05, 0.1) is 0 Å². The number of carbonyl (C=O) groups is 1. The van der Waals surface area contributed by atoms with E-state index < -0.39 is 0 Å². The Labute approximate surface area is 102 Å². The van der Waals surface area contributed by atoms with Crippen LogP contribution in [0.25, 0.3) is 0 Å². The van der Waals surface area contributed by atoms with Crippen molar-refractivity contribution in [2.45, 2.75) is 64.9 Å². The molecule has 0 saturated carbocycles. The number of alkyl halides is 1. The number of halogens is 1. The summed E-state index contributed by atoms with van der Waals surface area (Å²) in [5.74, 6) is -0.0437. The molecule has 0 saturated heterocycles. The van der Waals surface area contributed by atoms with Gasteiger partial charge in [0.15, 0.2) is 0 Å². The van der Waals surface area contributed by atoms with E-state index in [1.54, 1.807) is 0 Å². The smallest absolute Gasteiger partial charge is 0.306 e. The predicted octanol–water partition coefficient (Wildman–Crippen LogP) is 4.06. The van der Waals surface area contributed by atoms with E-state index >= 15 is 0 Å². The maximum atomic E-state index is 11.4. The molecule has 0 bridgehead atoms. The fourth-order valence-corrected chi connectivity index (χ4v) is 1.70. The lowest BCUT2D eigenvalue weighted by molar-refractivity contribution is -0.149. The molecule has 0 aromatic rings. The molecule has 0 fully saturated rings. The lowest BCUT2D eigenvalue weighted by atomic mass is 10.1. The third-order valence-electron chi connectivity index (χ3n) is 2.40. The molecule has 90 valence electrons. The first-order valence-electron chi connectivity index (χ1n) is 6.00. The largest absolute Gasteiger partial charge is 0.462 e. The Balaban J connectivity index is 3.62. The number of esters is 1. The van der Waals surface area contributed by atoms with Crippen molar-refractivity contribution in [1.29, 1.82) is 0 Å². The molecule has 0 amide bonds. The molecule has 0 aromatic carbocycles. The van der Waals surface area contributed by atoms with Gasteiger partial charge in [-0.15, -0.1) is 0 Å². The molecule has 1 unspecified atom stereocenters. The van der Waals surface area contributed by atoms with E-state index in [9.17, 15) is 4.79 Å². The first kappa shape index (κ1) is 14.9. The van der Waals surface area contributed by atoms with Gasteiger partial charge in [-0.3, -0.25) is 4.79 Å². The second-order valence-electron chi connectivity index (χ2n) is 3.81. The number of hydrogen-bond acceptors (Lipinski definition) is 2. The van der Waals surface area contributed by atoms with Crippen molar-refractivity contribution in [2.75, 3.05) is 5.33 Å². The molecule has 0 rings (SSSR count). The molecule has 0 radical (unpaired) electrons. The van der Waals surface area contributed by atoms with Crippen molar-refractivity contribution in [1.82, 2.24) is 0 Å². The van der Waals surface area contributed by atoms with E-state index in [2.05, 4.69) is 29.8 Å². The van der Waals surface area contributed by atoms with Crippen LogP contribution < -0.4 is 0 Å². The number of unbranched alkanes of at least 4 members (excludes halogenated alkanes) is 2. The van der Waals surface area contributed by atoms with Crippen molar-refractivity contribution >= 4 is 21.9 Å². The second kappa shape index (κ2) is 10.5. The summed E-state index contributed by atoms with van der Waals surface area (Å²) in [7, 11) is 0. The fraction of sp³-hybridized carbons (Fsp3) is 0.917. The Morgan fingerprint density at radius 3 is 2.53 bits per heavy atom. The van der Waals surface area contributed by atoms with E-state index in [4.69, 9.17) is 4.74 Å². The van der Waals surface area contributed by atoms with Crippen LogP contribution in [-0.2, 0) is 9.53 Å². The summed E-state index contributed by atoms with van der Waals surface area (Å²) in [5.41, 5.74) is 0. The molecule has 15 heavy (non-hydrogen) atoms. The number of hydrogen-bond donors (Lipinski definition) is 0. The first-order chi connectivity index (χ1) is 7.24. The average Bonchev–Trinajstić information content (AvgIpc) is 2.25. The highest BCUT2D eigenvalue weighted by molar-refractivity contribution is 9.09. The second-order valence-corrected chi connectivity index (χ2v) is 4.60. The van der Waals surface area contributed by atoms with Crippen molar-refractivity contribution in [3.05, 3.63) is 0 Å². The summed E-state index contributed by atoms with van der Waals surface area (Å²) in [6.45, 7) is 4.26. The number of carbonyl (C=O) groups excluding carboxylic acids is 1. The SMILES string of the molecule is CCCCCC(CC)OC(=O)CCCBr. The van der Waals surface area contributed by atoms with E-state index in [-0.39, 0.29) is 12.1 Å². The summed E-state index contributed by atoms with van der Waals surface area (Å²) in [4.78, 5) is 11.4. The topological polar surface area (TPSA) is 26.3 Å². The van der Waals surface area contributed by atoms with Crippen molar-refractivity contribution < 1.29 is 9.53 Å². The van der Waals surface area contributed by atoms with Crippen molar-refractivity contribution in [2.24, 2.45) is 0 Å². The first-order valence-corrected chi connectivity index (χ1v) is 7.12. The van der Waals surface area contributed by atoms with Crippen LogP contribution in [0.5, 0.6) is 0 Å². The van der Waals surface area contributed by atoms with Crippen LogP contribution in [0.3, 0.4) is 0 Å². The van der Waals surface area contributed by atoms with Gasteiger partial charge in [-0.25, -0.2) is 0 Å². The average molecular weight is 279 g/mol. The quantitative estimate of drug-likeness (QED) is 0.361. The van der Waals surface area contributed by atoms with Crippen LogP contribution in [0.15, 0.2) is 0 Å². The van der Waals surface area contributed by atoms with E-state index in [0.717, 1.165) is 24.6 Å². The highest BCUT2D eigenvalue weighted by Gasteiger charge is 2.11. The third-order valence-corrected chi connectivity index (χ3v) is 2.96. The fourth-order valence-electron chi connectivity index (χ4n) is 1.42. The maximum absolute atomic E-state index is 11.4. The summed E-state index contributed by atoms with van der Waals surface area (Å²) >= 11 is 3.30. The molecule has 0 aromatic heterocycles. The Morgan fingerprint density at radius 2 is 2.00 bits per heavy atom. The lowest BCUT2D eigenvalue weighted by Gasteiger charge is -2.15. The van der Waals surface area contributed by atoms with Gasteiger partial charge in [0.25, 0.3) is 0 Å². The highest BCUT2D eigenvalue weighted by Crippen LogP contribution is 2.11. The Hall–Kier alpha value is -0.0500. The van der Waals surface area contributed by atoms with Gasteiger partial charge < -0.3 is 4.74 Å². The van der Waals surface area contributed by atoms with Crippen molar-refractivity contribution in [3.63, 3.8) is 0 Å². The van der Waals surface area contributed by atoms with Gasteiger partial charge in [0.2, 0.25) is 0 Å². The van der Waals surface area contributed by atoms with Gasteiger partial charge in [0.1, 0.15) is 6.10 Å². The zero-order valence-corrected chi connectivity index (χ0v) is 11.5. The molecule has 2 nitrogen and oxygen atoms in total. The van der Waals surface area contributed by atoms with E-state index in [1.807, 2.05) is 0 Å². The third kappa shape index (κ3) is 8.91. The van der Waals surface area contributed by atoms with Crippen molar-refractivity contribution in [3.8, 4) is 0 Å². The van der Waals surface area contributed by atoms with Crippen LogP contribution in [-0.4, -0.2) is 17.4 Å². The highest BCUT2D eigenvalue weighted by atomic mass is 79.9. The molecule has 3 heteroatoms. The lowest BCUT2D eigenvalue weighted by Crippen LogP contribution is -2.17. The van der Waals surface area contributed by atoms with E-state index in [0.29, 0.717) is 6.42 Å². The molecule has 0 heterocycles. The monoisotopic (exact) mass is 278 g/mol. The van der Waals surface area contributed by atoms with Crippen LogP contribution in [0, 0.1) is 0 Å². The van der Waals surface area contributed by atoms with Gasteiger partial charge in [0, 0.05) is 11.8 Å². The molecule has 0 aliphatic heterocycles. The van der Waals surface area contributed by atoms with Gasteiger partial charge >= 0.3 is 5.97 Å². The zero-order valence-electron chi connectivity index (χ0n) is 9.93. The molecular formula is C12H23BrO2. The Bertz CT molecular complexity index is 160. The Morgan fingerprint density at radius 1 is 1.27 bits per heavy atom. The number of rotatable bonds is 9. The van der Waals surface area contributed by atoms with Crippen LogP contribution in [0.1, 0.15) is 58.8 Å². The summed E-state index contributed by atoms with van der Waals surface area (Å²) in [5, 5.41) is 0.870. The minimum Gasteiger partial charge on any atom is -0.462 e. The normalized spacial score (nSPS) is 12.5. The van der Waals surface area contributed by atoms with E-state index in [1.165, 1.54) is 19.3 Å². The van der Waals surface area contributed by atoms with Gasteiger partial charge in [-0.2, -0.15) is 0 Å².